The lowest BCUT2D eigenvalue weighted by atomic mass is 9.55. The highest BCUT2D eigenvalue weighted by Gasteiger charge is 2.47. The average molecular weight is 483 g/mol. The largest absolute Gasteiger partial charge is 0.453 e. The molecule has 1 unspecified atom stereocenters. The van der Waals surface area contributed by atoms with Crippen LogP contribution in [0.25, 0.3) is 0 Å². The first-order valence-electron chi connectivity index (χ1n) is 12.2. The summed E-state index contributed by atoms with van der Waals surface area (Å²) in [6.45, 7) is 0.696. The molecule has 0 aromatic heterocycles. The number of fused-ring (bicyclic) bond motifs is 1. The molecule has 2 heterocycles. The van der Waals surface area contributed by atoms with E-state index >= 15 is 0 Å². The Morgan fingerprint density at radius 3 is 2.54 bits per heavy atom. The molecule has 2 aliphatic heterocycles. The van der Waals surface area contributed by atoms with Gasteiger partial charge in [0.25, 0.3) is 11.8 Å². The summed E-state index contributed by atoms with van der Waals surface area (Å²) < 4.78 is 4.69. The third-order valence-electron chi connectivity index (χ3n) is 8.05. The standard InChI is InChI=1S/C25H30N4O6/c1-35-24(34)27-15-7-9-25(10-8-15)11-14(12-25)13-26-17-4-2-3-16-20(17)23(33)29(22(16)32)18-5-6-19(30)28-21(18)31/h2-4,14-15,18,26H,5-13H2,1H3,(H,27,34)(H,28,30,31). The Bertz CT molecular complexity index is 1090. The number of rotatable bonds is 5. The van der Waals surface area contributed by atoms with Gasteiger partial charge < -0.3 is 15.4 Å². The number of anilines is 1. The molecule has 1 saturated heterocycles. The number of alkyl carbamates (subject to hydrolysis) is 1. The number of amides is 5. The van der Waals surface area contributed by atoms with Gasteiger partial charge in [-0.25, -0.2) is 4.79 Å². The van der Waals surface area contributed by atoms with E-state index in [4.69, 9.17) is 4.74 Å². The Morgan fingerprint density at radius 1 is 1.11 bits per heavy atom. The van der Waals surface area contributed by atoms with E-state index in [9.17, 15) is 24.0 Å². The molecule has 1 aromatic carbocycles. The van der Waals surface area contributed by atoms with Gasteiger partial charge >= 0.3 is 6.09 Å². The number of hydrogen-bond acceptors (Lipinski definition) is 7. The van der Waals surface area contributed by atoms with Crippen LogP contribution < -0.4 is 16.0 Å². The van der Waals surface area contributed by atoms with Crippen molar-refractivity contribution in [1.82, 2.24) is 15.5 Å². The van der Waals surface area contributed by atoms with Gasteiger partial charge in [0.1, 0.15) is 6.04 Å². The Balaban J connectivity index is 1.18. The van der Waals surface area contributed by atoms with E-state index in [1.54, 1.807) is 18.2 Å². The van der Waals surface area contributed by atoms with Crippen molar-refractivity contribution in [3.63, 3.8) is 0 Å². The minimum atomic E-state index is -0.969. The lowest BCUT2D eigenvalue weighted by molar-refractivity contribution is -0.136. The van der Waals surface area contributed by atoms with E-state index in [-0.39, 0.29) is 30.5 Å². The topological polar surface area (TPSA) is 134 Å². The summed E-state index contributed by atoms with van der Waals surface area (Å²) in [7, 11) is 1.38. The van der Waals surface area contributed by atoms with Gasteiger partial charge in [-0.15, -0.1) is 0 Å². The Hall–Kier alpha value is -3.43. The fourth-order valence-electron chi connectivity index (χ4n) is 6.23. The first-order valence-corrected chi connectivity index (χ1v) is 12.2. The summed E-state index contributed by atoms with van der Waals surface area (Å²) in [5.74, 6) is -1.53. The van der Waals surface area contributed by atoms with Crippen LogP contribution in [0.1, 0.15) is 72.1 Å². The number of nitrogens with one attached hydrogen (secondary N) is 3. The van der Waals surface area contributed by atoms with E-state index in [1.165, 1.54) is 7.11 Å². The molecule has 35 heavy (non-hydrogen) atoms. The Kier molecular flexibility index (Phi) is 5.98. The van der Waals surface area contributed by atoms with Crippen molar-refractivity contribution in [2.45, 2.75) is 63.5 Å². The minimum absolute atomic E-state index is 0.0951. The maximum atomic E-state index is 13.2. The predicted molar refractivity (Wildman–Crippen MR) is 125 cm³/mol. The van der Waals surface area contributed by atoms with Crippen LogP contribution in [0.2, 0.25) is 0 Å². The van der Waals surface area contributed by atoms with Crippen molar-refractivity contribution in [1.29, 1.82) is 0 Å². The van der Waals surface area contributed by atoms with Gasteiger partial charge in [-0.2, -0.15) is 0 Å². The second-order valence-corrected chi connectivity index (χ2v) is 10.2. The smallest absolute Gasteiger partial charge is 0.407 e. The van der Waals surface area contributed by atoms with Crippen molar-refractivity contribution < 1.29 is 28.7 Å². The second kappa shape index (κ2) is 8.98. The predicted octanol–water partition coefficient (Wildman–Crippen LogP) is 2.19. The van der Waals surface area contributed by atoms with Crippen molar-refractivity contribution >= 4 is 35.4 Å². The van der Waals surface area contributed by atoms with Crippen LogP contribution in [0.4, 0.5) is 10.5 Å². The van der Waals surface area contributed by atoms with Crippen LogP contribution in [-0.2, 0) is 14.3 Å². The van der Waals surface area contributed by atoms with Gasteiger partial charge in [0.15, 0.2) is 0 Å². The van der Waals surface area contributed by atoms with Crippen LogP contribution in [0.5, 0.6) is 0 Å². The number of carbonyl (C=O) groups excluding carboxylic acids is 5. The third-order valence-corrected chi connectivity index (χ3v) is 8.05. The summed E-state index contributed by atoms with van der Waals surface area (Å²) in [4.78, 5) is 62.4. The number of imide groups is 2. The highest BCUT2D eigenvalue weighted by Crippen LogP contribution is 2.54. The zero-order valence-electron chi connectivity index (χ0n) is 19.7. The molecule has 1 atom stereocenters. The summed E-state index contributed by atoms with van der Waals surface area (Å²) in [6, 6.07) is 4.33. The first-order chi connectivity index (χ1) is 16.8. The van der Waals surface area contributed by atoms with Gasteiger partial charge in [-0.3, -0.25) is 29.4 Å². The maximum absolute atomic E-state index is 13.2. The molecule has 3 N–H and O–H groups in total. The molecule has 3 fully saturated rings. The van der Waals surface area contributed by atoms with Gasteiger partial charge in [-0.1, -0.05) is 6.07 Å². The summed E-state index contributed by atoms with van der Waals surface area (Å²) in [6.07, 6.45) is 6.10. The van der Waals surface area contributed by atoms with Crippen LogP contribution in [0.15, 0.2) is 18.2 Å². The molecule has 5 amide bonds. The third kappa shape index (κ3) is 4.26. The molecule has 1 spiro atoms. The van der Waals surface area contributed by atoms with E-state index in [0.29, 0.717) is 29.1 Å². The number of methoxy groups -OCH3 is 1. The molecule has 1 aromatic rings. The van der Waals surface area contributed by atoms with E-state index in [2.05, 4.69) is 16.0 Å². The van der Waals surface area contributed by atoms with Crippen LogP contribution in [0.3, 0.4) is 0 Å². The fraction of sp³-hybridized carbons (Fsp3) is 0.560. The molecule has 5 rings (SSSR count). The molecule has 186 valence electrons. The normalized spacial score (nSPS) is 30.0. The van der Waals surface area contributed by atoms with E-state index < -0.39 is 29.7 Å². The monoisotopic (exact) mass is 482 g/mol. The number of piperidine rings is 1. The van der Waals surface area contributed by atoms with Crippen molar-refractivity contribution in [2.75, 3.05) is 19.0 Å². The quantitative estimate of drug-likeness (QED) is 0.548. The van der Waals surface area contributed by atoms with Crippen LogP contribution in [0, 0.1) is 11.3 Å². The minimum Gasteiger partial charge on any atom is -0.453 e. The van der Waals surface area contributed by atoms with Gasteiger partial charge in [0, 0.05) is 24.7 Å². The molecule has 10 heteroatoms. The molecule has 2 aliphatic carbocycles. The average Bonchev–Trinajstić information content (AvgIpc) is 3.08. The Labute approximate surface area is 203 Å². The lowest BCUT2D eigenvalue weighted by Gasteiger charge is -2.52. The summed E-state index contributed by atoms with van der Waals surface area (Å²) in [5, 5.41) is 8.49. The molecule has 0 radical (unpaired) electrons. The number of hydrogen-bond donors (Lipinski definition) is 3. The van der Waals surface area contributed by atoms with Crippen LogP contribution in [-0.4, -0.2) is 60.4 Å². The zero-order valence-corrected chi connectivity index (χ0v) is 19.7. The molecular weight excluding hydrogens is 452 g/mol. The second-order valence-electron chi connectivity index (χ2n) is 10.2. The molecule has 0 bridgehead atoms. The number of benzene rings is 1. The van der Waals surface area contributed by atoms with Crippen molar-refractivity contribution in [2.24, 2.45) is 11.3 Å². The van der Waals surface area contributed by atoms with Gasteiger partial charge in [-0.05, 0) is 68.4 Å². The lowest BCUT2D eigenvalue weighted by Crippen LogP contribution is -2.54. The zero-order chi connectivity index (χ0) is 24.7. The van der Waals surface area contributed by atoms with Crippen LogP contribution >= 0.6 is 0 Å². The number of carbonyl (C=O) groups is 5. The van der Waals surface area contributed by atoms with Crippen molar-refractivity contribution in [3.8, 4) is 0 Å². The van der Waals surface area contributed by atoms with Gasteiger partial charge in [0.2, 0.25) is 11.8 Å². The molecule has 10 nitrogen and oxygen atoms in total. The van der Waals surface area contributed by atoms with E-state index in [1.807, 2.05) is 0 Å². The summed E-state index contributed by atoms with van der Waals surface area (Å²) in [5.41, 5.74) is 1.51. The first kappa shape index (κ1) is 23.3. The molecule has 2 saturated carbocycles. The van der Waals surface area contributed by atoms with Gasteiger partial charge in [0.05, 0.1) is 18.2 Å². The molecule has 4 aliphatic rings. The maximum Gasteiger partial charge on any atom is 0.407 e. The van der Waals surface area contributed by atoms with E-state index in [0.717, 1.165) is 43.4 Å². The fourth-order valence-corrected chi connectivity index (χ4v) is 6.23. The SMILES string of the molecule is COC(=O)NC1CCC2(CC1)CC(CNc1cccc3c1C(=O)N(C1CCC(=O)NC1=O)C3=O)C2. The number of ether oxygens (including phenoxy) is 1. The Morgan fingerprint density at radius 2 is 1.86 bits per heavy atom. The van der Waals surface area contributed by atoms with Crippen molar-refractivity contribution in [3.05, 3.63) is 29.3 Å². The number of nitrogens with zero attached hydrogens (tertiary/aromatic N) is 1. The molecular formula is C25H30N4O6. The highest BCUT2D eigenvalue weighted by molar-refractivity contribution is 6.25. The summed E-state index contributed by atoms with van der Waals surface area (Å²) >= 11 is 0. The highest BCUT2D eigenvalue weighted by atomic mass is 16.5.